The van der Waals surface area contributed by atoms with Crippen LogP contribution in [0.2, 0.25) is 0 Å². The lowest BCUT2D eigenvalue weighted by Crippen LogP contribution is -2.29. The van der Waals surface area contributed by atoms with Crippen molar-refractivity contribution < 1.29 is 18.9 Å². The van der Waals surface area contributed by atoms with Gasteiger partial charge in [-0.15, -0.1) is 0 Å². The maximum absolute atomic E-state index is 10.8. The molecule has 0 spiro atoms. The lowest BCUT2D eigenvalue weighted by atomic mass is 10.4. The van der Waals surface area contributed by atoms with E-state index in [9.17, 15) is 9.59 Å². The highest BCUT2D eigenvalue weighted by molar-refractivity contribution is 6.22. The van der Waals surface area contributed by atoms with Crippen molar-refractivity contribution in [2.75, 3.05) is 27.2 Å². The minimum absolute atomic E-state index is 0.0681. The molecule has 0 saturated carbocycles. The van der Waals surface area contributed by atoms with Gasteiger partial charge >= 0.3 is 13.7 Å². The average Bonchev–Trinajstić information content (AvgIpc) is 2.01. The summed E-state index contributed by atoms with van der Waals surface area (Å²) in [7, 11) is 3.96. The number of nitrogens with zero attached hydrogens (tertiary/aromatic N) is 1. The molecule has 0 unspecified atom stereocenters. The highest BCUT2D eigenvalue weighted by Gasteiger charge is 2.07. The van der Waals surface area contributed by atoms with Gasteiger partial charge in [0.15, 0.2) is 0 Å². The molecule has 0 rings (SSSR count). The molecule has 0 aromatic carbocycles. The molecule has 0 N–H and O–H groups in total. The summed E-state index contributed by atoms with van der Waals surface area (Å²) >= 11 is 0. The lowest BCUT2D eigenvalue weighted by Gasteiger charge is -2.10. The van der Waals surface area contributed by atoms with Gasteiger partial charge in [-0.1, -0.05) is 0 Å². The van der Waals surface area contributed by atoms with Gasteiger partial charge in [0.05, 0.1) is 13.1 Å². The number of likely N-dealkylation sites (N-methyl/N-ethyl adjacent to an activating group) is 1. The molecule has 0 heterocycles. The number of aldehydes is 1. The summed E-state index contributed by atoms with van der Waals surface area (Å²) in [5.41, 5.74) is 0. The third-order valence-electron chi connectivity index (χ3n) is 1.06. The highest BCUT2D eigenvalue weighted by Crippen LogP contribution is 1.82. The van der Waals surface area contributed by atoms with Crippen LogP contribution in [0.3, 0.4) is 0 Å². The molecular weight excluding hydrogens is 161 g/mol. The minimum atomic E-state index is -0.457. The molecule has 0 amide bonds. The molecule has 0 aliphatic rings. The summed E-state index contributed by atoms with van der Waals surface area (Å²) in [5.74, 6) is -0.457. The van der Waals surface area contributed by atoms with Crippen molar-refractivity contribution in [1.29, 1.82) is 0 Å². The van der Waals surface area contributed by atoms with Gasteiger partial charge in [-0.2, -0.15) is 0 Å². The fraction of sp³-hybridized carbons (Fsp3) is 0.667. The second-order valence-electron chi connectivity index (χ2n) is 2.19. The Kier molecular flexibility index (Phi) is 6.31. The van der Waals surface area contributed by atoms with Crippen LogP contribution in [0.15, 0.2) is 0 Å². The van der Waals surface area contributed by atoms with Crippen LogP contribution in [0.5, 0.6) is 0 Å². The highest BCUT2D eigenvalue weighted by atomic mass is 16.6. The minimum Gasteiger partial charge on any atom is -0.510 e. The first kappa shape index (κ1) is 11.1. The standard InChI is InChI=1S/C6H11BNO4/c1-8(3-4-9)5-6(10)12-7-11-2/h4H,3,5H2,1-2H3. The van der Waals surface area contributed by atoms with E-state index in [0.717, 1.165) is 7.69 Å². The van der Waals surface area contributed by atoms with E-state index in [4.69, 9.17) is 0 Å². The molecule has 0 aliphatic heterocycles. The first-order chi connectivity index (χ1) is 5.70. The Hall–Kier alpha value is -0.875. The molecule has 12 heavy (non-hydrogen) atoms. The molecule has 67 valence electrons. The number of carbonyl (C=O) groups is 2. The smallest absolute Gasteiger partial charge is 0.510 e. The number of hydrogen-bond acceptors (Lipinski definition) is 5. The van der Waals surface area contributed by atoms with Crippen molar-refractivity contribution in [2.45, 2.75) is 0 Å². The zero-order chi connectivity index (χ0) is 9.40. The Morgan fingerprint density at radius 2 is 2.33 bits per heavy atom. The van der Waals surface area contributed by atoms with Gasteiger partial charge in [0, 0.05) is 7.11 Å². The van der Waals surface area contributed by atoms with Crippen molar-refractivity contribution >= 4 is 19.9 Å². The van der Waals surface area contributed by atoms with Crippen molar-refractivity contribution in [3.05, 3.63) is 0 Å². The van der Waals surface area contributed by atoms with E-state index >= 15 is 0 Å². The summed E-state index contributed by atoms with van der Waals surface area (Å²) in [4.78, 5) is 22.3. The summed E-state index contributed by atoms with van der Waals surface area (Å²) < 4.78 is 8.86. The Bertz CT molecular complexity index is 152. The van der Waals surface area contributed by atoms with Crippen molar-refractivity contribution in [3.8, 4) is 0 Å². The van der Waals surface area contributed by atoms with E-state index < -0.39 is 5.97 Å². The maximum Gasteiger partial charge on any atom is 0.574 e. The third-order valence-corrected chi connectivity index (χ3v) is 1.06. The van der Waals surface area contributed by atoms with E-state index in [0.29, 0.717) is 6.29 Å². The van der Waals surface area contributed by atoms with Crippen LogP contribution in [0.25, 0.3) is 0 Å². The van der Waals surface area contributed by atoms with Gasteiger partial charge in [-0.05, 0) is 7.05 Å². The van der Waals surface area contributed by atoms with Gasteiger partial charge in [0.2, 0.25) is 0 Å². The Morgan fingerprint density at radius 1 is 1.67 bits per heavy atom. The quantitative estimate of drug-likeness (QED) is 0.373. The molecule has 0 atom stereocenters. The van der Waals surface area contributed by atoms with E-state index in [1.54, 1.807) is 7.05 Å². The molecule has 0 saturated heterocycles. The predicted octanol–water partition coefficient (Wildman–Crippen LogP) is -1.16. The largest absolute Gasteiger partial charge is 0.574 e. The molecule has 0 aliphatic carbocycles. The molecule has 0 fully saturated rings. The monoisotopic (exact) mass is 172 g/mol. The molecule has 0 aromatic heterocycles. The zero-order valence-electron chi connectivity index (χ0n) is 7.15. The van der Waals surface area contributed by atoms with Gasteiger partial charge < -0.3 is 14.1 Å². The van der Waals surface area contributed by atoms with Crippen LogP contribution < -0.4 is 0 Å². The molecular formula is C6H11BNO4. The summed E-state index contributed by atoms with van der Waals surface area (Å²) in [6, 6.07) is 0. The fourth-order valence-electron chi connectivity index (χ4n) is 0.551. The second kappa shape index (κ2) is 6.81. The summed E-state index contributed by atoms with van der Waals surface area (Å²) in [5, 5.41) is 0. The molecule has 0 bridgehead atoms. The Morgan fingerprint density at radius 3 is 2.83 bits per heavy atom. The van der Waals surface area contributed by atoms with Gasteiger partial charge in [0.1, 0.15) is 6.29 Å². The lowest BCUT2D eigenvalue weighted by molar-refractivity contribution is -0.136. The topological polar surface area (TPSA) is 55.8 Å². The van der Waals surface area contributed by atoms with Gasteiger partial charge in [-0.3, -0.25) is 9.69 Å². The molecule has 1 radical (unpaired) electrons. The van der Waals surface area contributed by atoms with Crippen molar-refractivity contribution in [3.63, 3.8) is 0 Å². The summed E-state index contributed by atoms with van der Waals surface area (Å²) in [6.07, 6.45) is 0.716. The van der Waals surface area contributed by atoms with Crippen LogP contribution in [0, 0.1) is 0 Å². The molecule has 6 heteroatoms. The number of carbonyl (C=O) groups excluding carboxylic acids is 2. The predicted molar refractivity (Wildman–Crippen MR) is 42.4 cm³/mol. The number of hydrogen-bond donors (Lipinski definition) is 0. The first-order valence-electron chi connectivity index (χ1n) is 3.37. The van der Waals surface area contributed by atoms with Gasteiger partial charge in [0.25, 0.3) is 0 Å². The molecule has 5 nitrogen and oxygen atoms in total. The summed E-state index contributed by atoms with van der Waals surface area (Å²) in [6.45, 7) is 0.278. The Balaban J connectivity index is 3.46. The first-order valence-corrected chi connectivity index (χ1v) is 3.37. The molecule has 0 aromatic rings. The van der Waals surface area contributed by atoms with E-state index in [1.807, 2.05) is 0 Å². The van der Waals surface area contributed by atoms with Crippen LogP contribution in [-0.2, 0) is 18.9 Å². The fourth-order valence-corrected chi connectivity index (χ4v) is 0.551. The number of rotatable bonds is 6. The van der Waals surface area contributed by atoms with Crippen LogP contribution in [-0.4, -0.2) is 52.1 Å². The third kappa shape index (κ3) is 5.88. The Labute approximate surface area is 71.9 Å². The van der Waals surface area contributed by atoms with Gasteiger partial charge in [-0.25, -0.2) is 0 Å². The van der Waals surface area contributed by atoms with Crippen molar-refractivity contribution in [1.82, 2.24) is 4.90 Å². The van der Waals surface area contributed by atoms with E-state index in [2.05, 4.69) is 9.31 Å². The maximum atomic E-state index is 10.8. The normalized spacial score (nSPS) is 9.58. The second-order valence-corrected chi connectivity index (χ2v) is 2.19. The van der Waals surface area contributed by atoms with Crippen molar-refractivity contribution in [2.24, 2.45) is 0 Å². The zero-order valence-corrected chi connectivity index (χ0v) is 7.15. The van der Waals surface area contributed by atoms with E-state index in [1.165, 1.54) is 12.0 Å². The van der Waals surface area contributed by atoms with E-state index in [-0.39, 0.29) is 13.1 Å². The average molecular weight is 172 g/mol. The van der Waals surface area contributed by atoms with Crippen LogP contribution in [0.4, 0.5) is 0 Å². The van der Waals surface area contributed by atoms with Crippen LogP contribution >= 0.6 is 0 Å². The SMILES string of the molecule is CO[B]OC(=O)CN(C)CC=O. The van der Waals surface area contributed by atoms with Crippen LogP contribution in [0.1, 0.15) is 0 Å².